The summed E-state index contributed by atoms with van der Waals surface area (Å²) in [5, 5.41) is 8.66. The SMILES string of the molecule is N#CC(Cc1cccc(Br)c1)C(N)=O. The molecule has 0 saturated heterocycles. The lowest BCUT2D eigenvalue weighted by atomic mass is 10.0. The van der Waals surface area contributed by atoms with E-state index in [4.69, 9.17) is 11.0 Å². The molecule has 2 N–H and O–H groups in total. The van der Waals surface area contributed by atoms with Crippen molar-refractivity contribution >= 4 is 21.8 Å². The third kappa shape index (κ3) is 2.86. The van der Waals surface area contributed by atoms with E-state index in [0.29, 0.717) is 6.42 Å². The number of nitrogens with two attached hydrogens (primary N) is 1. The van der Waals surface area contributed by atoms with Gasteiger partial charge in [0.05, 0.1) is 6.07 Å². The fourth-order valence-corrected chi connectivity index (χ4v) is 1.56. The van der Waals surface area contributed by atoms with Crippen molar-refractivity contribution in [3.05, 3.63) is 34.3 Å². The highest BCUT2D eigenvalue weighted by atomic mass is 79.9. The molecule has 0 aliphatic carbocycles. The van der Waals surface area contributed by atoms with Gasteiger partial charge in [0.25, 0.3) is 0 Å². The van der Waals surface area contributed by atoms with Crippen molar-refractivity contribution in [2.24, 2.45) is 11.7 Å². The number of amides is 1. The maximum atomic E-state index is 10.8. The summed E-state index contributed by atoms with van der Waals surface area (Å²) in [6.45, 7) is 0. The molecule has 14 heavy (non-hydrogen) atoms. The Hall–Kier alpha value is -1.34. The topological polar surface area (TPSA) is 66.9 Å². The number of nitriles is 1. The zero-order valence-electron chi connectivity index (χ0n) is 7.40. The molecule has 0 aliphatic rings. The summed E-state index contributed by atoms with van der Waals surface area (Å²) in [7, 11) is 0. The van der Waals surface area contributed by atoms with Gasteiger partial charge in [-0.05, 0) is 24.1 Å². The van der Waals surface area contributed by atoms with Crippen LogP contribution in [0.25, 0.3) is 0 Å². The largest absolute Gasteiger partial charge is 0.369 e. The highest BCUT2D eigenvalue weighted by Crippen LogP contribution is 2.14. The van der Waals surface area contributed by atoms with E-state index in [1.165, 1.54) is 0 Å². The molecular weight excluding hydrogens is 244 g/mol. The van der Waals surface area contributed by atoms with Crippen molar-refractivity contribution in [1.29, 1.82) is 5.26 Å². The van der Waals surface area contributed by atoms with E-state index >= 15 is 0 Å². The fraction of sp³-hybridized carbons (Fsp3) is 0.200. The molecule has 1 amide bonds. The van der Waals surface area contributed by atoms with Crippen molar-refractivity contribution < 1.29 is 4.79 Å². The lowest BCUT2D eigenvalue weighted by Crippen LogP contribution is -2.23. The van der Waals surface area contributed by atoms with Crippen molar-refractivity contribution in [2.45, 2.75) is 6.42 Å². The number of carbonyl (C=O) groups excluding carboxylic acids is 1. The molecule has 0 spiro atoms. The first-order chi connectivity index (χ1) is 6.63. The Morgan fingerprint density at radius 1 is 1.64 bits per heavy atom. The molecule has 1 rings (SSSR count). The first kappa shape index (κ1) is 10.7. The predicted molar refractivity (Wildman–Crippen MR) is 56.1 cm³/mol. The maximum absolute atomic E-state index is 10.8. The van der Waals surface area contributed by atoms with E-state index in [2.05, 4.69) is 15.9 Å². The number of hydrogen-bond donors (Lipinski definition) is 1. The van der Waals surface area contributed by atoms with Crippen LogP contribution in [0.2, 0.25) is 0 Å². The lowest BCUT2D eigenvalue weighted by molar-refractivity contribution is -0.120. The maximum Gasteiger partial charge on any atom is 0.235 e. The van der Waals surface area contributed by atoms with Crippen LogP contribution in [-0.4, -0.2) is 5.91 Å². The van der Waals surface area contributed by atoms with Gasteiger partial charge in [-0.2, -0.15) is 5.26 Å². The monoisotopic (exact) mass is 252 g/mol. The Balaban J connectivity index is 2.78. The minimum atomic E-state index is -0.746. The Labute approximate surface area is 90.7 Å². The minimum Gasteiger partial charge on any atom is -0.369 e. The number of halogens is 1. The van der Waals surface area contributed by atoms with Gasteiger partial charge in [-0.25, -0.2) is 0 Å². The van der Waals surface area contributed by atoms with Gasteiger partial charge in [-0.3, -0.25) is 4.79 Å². The lowest BCUT2D eigenvalue weighted by Gasteiger charge is -2.04. The van der Waals surface area contributed by atoms with Crippen molar-refractivity contribution in [3.8, 4) is 6.07 Å². The van der Waals surface area contributed by atoms with Crippen LogP contribution in [0.5, 0.6) is 0 Å². The van der Waals surface area contributed by atoms with Crippen LogP contribution in [0.4, 0.5) is 0 Å². The number of carbonyl (C=O) groups is 1. The van der Waals surface area contributed by atoms with Crippen LogP contribution in [-0.2, 0) is 11.2 Å². The van der Waals surface area contributed by atoms with Crippen LogP contribution in [0.3, 0.4) is 0 Å². The average molecular weight is 253 g/mol. The summed E-state index contributed by atoms with van der Waals surface area (Å²) in [5.41, 5.74) is 5.98. The average Bonchev–Trinajstić information content (AvgIpc) is 2.14. The molecule has 0 bridgehead atoms. The molecule has 0 fully saturated rings. The van der Waals surface area contributed by atoms with E-state index in [1.807, 2.05) is 30.3 Å². The van der Waals surface area contributed by atoms with Gasteiger partial charge in [0.1, 0.15) is 5.92 Å². The van der Waals surface area contributed by atoms with Gasteiger partial charge in [0.2, 0.25) is 5.91 Å². The van der Waals surface area contributed by atoms with Gasteiger partial charge in [-0.15, -0.1) is 0 Å². The Bertz CT molecular complexity index is 384. The van der Waals surface area contributed by atoms with Crippen molar-refractivity contribution in [2.75, 3.05) is 0 Å². The summed E-state index contributed by atoms with van der Waals surface area (Å²) in [5.74, 6) is -1.32. The number of primary amides is 1. The van der Waals surface area contributed by atoms with E-state index < -0.39 is 11.8 Å². The number of rotatable bonds is 3. The Kier molecular flexibility index (Phi) is 3.66. The van der Waals surface area contributed by atoms with Crippen LogP contribution >= 0.6 is 15.9 Å². The molecule has 1 unspecified atom stereocenters. The third-order valence-electron chi connectivity index (χ3n) is 1.83. The summed E-state index contributed by atoms with van der Waals surface area (Å²) < 4.78 is 0.927. The quantitative estimate of drug-likeness (QED) is 0.889. The second-order valence-corrected chi connectivity index (χ2v) is 3.83. The van der Waals surface area contributed by atoms with Gasteiger partial charge >= 0.3 is 0 Å². The molecule has 1 aromatic rings. The molecule has 3 nitrogen and oxygen atoms in total. The minimum absolute atomic E-state index is 0.366. The molecular formula is C10H9BrN2O. The Morgan fingerprint density at radius 2 is 2.36 bits per heavy atom. The van der Waals surface area contributed by atoms with Gasteiger partial charge in [0.15, 0.2) is 0 Å². The molecule has 4 heteroatoms. The molecule has 0 saturated carbocycles. The van der Waals surface area contributed by atoms with Gasteiger partial charge in [-0.1, -0.05) is 28.1 Å². The smallest absolute Gasteiger partial charge is 0.235 e. The van der Waals surface area contributed by atoms with Crippen molar-refractivity contribution in [1.82, 2.24) is 0 Å². The van der Waals surface area contributed by atoms with Gasteiger partial charge < -0.3 is 5.73 Å². The molecule has 0 aromatic heterocycles. The van der Waals surface area contributed by atoms with E-state index in [-0.39, 0.29) is 0 Å². The molecule has 1 aromatic carbocycles. The van der Waals surface area contributed by atoms with Crippen LogP contribution in [0.15, 0.2) is 28.7 Å². The molecule has 0 aliphatic heterocycles. The highest BCUT2D eigenvalue weighted by molar-refractivity contribution is 9.10. The number of hydrogen-bond acceptors (Lipinski definition) is 2. The third-order valence-corrected chi connectivity index (χ3v) is 2.32. The van der Waals surface area contributed by atoms with E-state index in [0.717, 1.165) is 10.0 Å². The first-order valence-electron chi connectivity index (χ1n) is 4.07. The van der Waals surface area contributed by atoms with E-state index in [9.17, 15) is 4.79 Å². The summed E-state index contributed by atoms with van der Waals surface area (Å²) >= 11 is 3.31. The Morgan fingerprint density at radius 3 is 2.86 bits per heavy atom. The normalized spacial score (nSPS) is 11.7. The van der Waals surface area contributed by atoms with Crippen molar-refractivity contribution in [3.63, 3.8) is 0 Å². The van der Waals surface area contributed by atoms with Gasteiger partial charge in [0, 0.05) is 4.47 Å². The molecule has 0 radical (unpaired) electrons. The van der Waals surface area contributed by atoms with E-state index in [1.54, 1.807) is 0 Å². The standard InChI is InChI=1S/C10H9BrN2O/c11-9-3-1-2-7(5-9)4-8(6-12)10(13)14/h1-3,5,8H,4H2,(H2,13,14). The zero-order chi connectivity index (χ0) is 10.6. The number of nitrogens with zero attached hydrogens (tertiary/aromatic N) is 1. The number of benzene rings is 1. The second-order valence-electron chi connectivity index (χ2n) is 2.92. The van der Waals surface area contributed by atoms with Crippen LogP contribution in [0.1, 0.15) is 5.56 Å². The fourth-order valence-electron chi connectivity index (χ4n) is 1.11. The van der Waals surface area contributed by atoms with Crippen LogP contribution in [0, 0.1) is 17.2 Å². The second kappa shape index (κ2) is 4.77. The first-order valence-corrected chi connectivity index (χ1v) is 4.86. The molecule has 1 atom stereocenters. The zero-order valence-corrected chi connectivity index (χ0v) is 8.99. The summed E-state index contributed by atoms with van der Waals surface area (Å²) in [4.78, 5) is 10.8. The summed E-state index contributed by atoms with van der Waals surface area (Å²) in [6, 6.07) is 9.35. The molecule has 0 heterocycles. The molecule has 72 valence electrons. The predicted octanol–water partition coefficient (Wildman–Crippen LogP) is 1.62. The highest BCUT2D eigenvalue weighted by Gasteiger charge is 2.14. The van der Waals surface area contributed by atoms with Crippen LogP contribution < -0.4 is 5.73 Å². The summed E-state index contributed by atoms with van der Waals surface area (Å²) in [6.07, 6.45) is 0.366.